The first-order valence-corrected chi connectivity index (χ1v) is 38.2. The quantitative estimate of drug-likeness (QED) is 0.0227. The van der Waals surface area contributed by atoms with Gasteiger partial charge in [-0.1, -0.05) is 131 Å². The van der Waals surface area contributed by atoms with Gasteiger partial charge in [-0.15, -0.1) is 0 Å². The number of primary amides is 2. The summed E-state index contributed by atoms with van der Waals surface area (Å²) in [5, 5.41) is 65.4. The van der Waals surface area contributed by atoms with Crippen molar-refractivity contribution in [2.45, 2.75) is 170 Å². The Labute approximate surface area is 647 Å². The number of H-pyrrole nitrogens is 1. The number of carbonyl (C=O) groups excluding carboxylic acids is 15. The van der Waals surface area contributed by atoms with Gasteiger partial charge in [0.1, 0.15) is 72.5 Å². The summed E-state index contributed by atoms with van der Waals surface area (Å²) >= 11 is 0. The van der Waals surface area contributed by atoms with E-state index < -0.39 is 210 Å². The maximum absolute atomic E-state index is 15.2. The zero-order valence-corrected chi connectivity index (χ0v) is 63.1. The van der Waals surface area contributed by atoms with E-state index in [2.05, 4.69) is 74.1 Å². The molecule has 0 radical (unpaired) electrons. The first-order chi connectivity index (χ1) is 52.8. The normalized spacial score (nSPS) is 24.2. The van der Waals surface area contributed by atoms with Gasteiger partial charge in [-0.05, 0) is 81.8 Å². The number of rotatable bonds is 22. The number of aliphatic hydroxyl groups excluding tert-OH is 3. The van der Waals surface area contributed by atoms with Crippen LogP contribution >= 0.6 is 21.6 Å². The van der Waals surface area contributed by atoms with Crippen LogP contribution in [0.5, 0.6) is 0 Å². The van der Waals surface area contributed by atoms with E-state index in [-0.39, 0.29) is 45.1 Å². The van der Waals surface area contributed by atoms with Crippen LogP contribution in [0.2, 0.25) is 0 Å². The van der Waals surface area contributed by atoms with Crippen molar-refractivity contribution in [1.29, 1.82) is 0 Å². The number of aromatic nitrogens is 1. The molecular formula is C73H98N18O18S2. The summed E-state index contributed by atoms with van der Waals surface area (Å²) in [5.41, 5.74) is 25.4. The molecule has 0 bridgehead atoms. The molecule has 15 atom stereocenters. The average Bonchev–Trinajstić information content (AvgIpc) is 1.62. The summed E-state index contributed by atoms with van der Waals surface area (Å²) in [6.45, 7) is 3.07. The lowest BCUT2D eigenvalue weighted by Gasteiger charge is -2.29. The summed E-state index contributed by atoms with van der Waals surface area (Å²) in [6.07, 6.45) is -3.63. The molecule has 0 saturated carbocycles. The Morgan fingerprint density at radius 1 is 0.495 bits per heavy atom. The second-order valence-corrected chi connectivity index (χ2v) is 29.1. The maximum Gasteiger partial charge on any atom is 0.245 e. The Hall–Kier alpha value is -11.0. The summed E-state index contributed by atoms with van der Waals surface area (Å²) in [7, 11) is 1.63. The van der Waals surface area contributed by atoms with Crippen LogP contribution in [0.15, 0.2) is 121 Å². The number of nitrogens with one attached hydrogen (secondary N) is 14. The van der Waals surface area contributed by atoms with Gasteiger partial charge in [0.2, 0.25) is 88.6 Å². The van der Waals surface area contributed by atoms with E-state index in [9.17, 15) is 77.6 Å². The largest absolute Gasteiger partial charge is 0.394 e. The lowest BCUT2D eigenvalue weighted by molar-refractivity contribution is -0.138. The molecule has 2 heterocycles. The van der Waals surface area contributed by atoms with E-state index in [0.29, 0.717) is 39.6 Å². The minimum Gasteiger partial charge on any atom is -0.394 e. The fourth-order valence-electron chi connectivity index (χ4n) is 11.3. The number of para-hydroxylation sites is 1. The molecule has 25 N–H and O–H groups in total. The highest BCUT2D eigenvalue weighted by Gasteiger charge is 2.39. The van der Waals surface area contributed by atoms with Crippen LogP contribution in [0.25, 0.3) is 10.9 Å². The average molecular weight is 1580 g/mol. The van der Waals surface area contributed by atoms with Gasteiger partial charge in [0, 0.05) is 54.3 Å². The molecule has 36 nitrogen and oxygen atoms in total. The molecular weight excluding hydrogens is 1480 g/mol. The van der Waals surface area contributed by atoms with Crippen molar-refractivity contribution in [3.63, 3.8) is 0 Å². The smallest absolute Gasteiger partial charge is 0.245 e. The van der Waals surface area contributed by atoms with Crippen LogP contribution < -0.4 is 92.1 Å². The highest BCUT2D eigenvalue weighted by molar-refractivity contribution is 8.76. The fourth-order valence-corrected chi connectivity index (χ4v) is 13.7. The van der Waals surface area contributed by atoms with Crippen LogP contribution in [0.4, 0.5) is 0 Å². The zero-order chi connectivity index (χ0) is 81.4. The Bertz CT molecular complexity index is 4050. The third-order valence-corrected chi connectivity index (χ3v) is 19.9. The van der Waals surface area contributed by atoms with Crippen LogP contribution in [0.3, 0.4) is 0 Å². The van der Waals surface area contributed by atoms with Crippen LogP contribution in [-0.4, -0.2) is 231 Å². The Morgan fingerprint density at radius 2 is 0.919 bits per heavy atom. The van der Waals surface area contributed by atoms with Crippen molar-refractivity contribution in [3.05, 3.63) is 144 Å². The standard InChI is InChI=1S/C73H98N18O18S2/c1-38(75)62(98)79-34-58(96)81-56-37-111-110-36-55(61(77)97)89-70(106)54(35-92)88-73(109)60(41(4)94)91-69(105)51(30-44-22-12-7-13-23-44)87-72(108)59(40(3)93)90-63(99)39(2)80-65(101)52(31-45-33-78-47-25-15-14-24-46(45)47)85-67(103)50(29-43-20-10-6-11-21-43)83-66(102)49(28-42-18-8-5-9-19-42)84-68(104)53(32-57(76)95)86-64(100)48(82-71(56)107)26-16-17-27-74/h5-15,18-25,33,38-41,48-56,59-60,78,92-94H,16-17,26-32,34-37,74-75H2,1-4H3,(H2,76,95)(H2,77,97)(H,79,98)(H,80,101)(H,81,96)(H,82,107)(H,83,102)(H,84,104)(H,85,103)(H,86,100)(H,87,108)(H,88,109)(H,89,106)(H,90,99)(H,91,105)/t38-,39-,40+,41+,48-,49-,50-,51-,52-,53-,54-,55-,56-,59-,60-/m0/s1. The minimum atomic E-state index is -1.95. The van der Waals surface area contributed by atoms with Gasteiger partial charge in [-0.3, -0.25) is 71.9 Å². The van der Waals surface area contributed by atoms with E-state index in [1.165, 1.54) is 13.8 Å². The number of hydrogen-bond donors (Lipinski definition) is 21. The van der Waals surface area contributed by atoms with Gasteiger partial charge in [-0.2, -0.15) is 0 Å². The van der Waals surface area contributed by atoms with Crippen LogP contribution in [0.1, 0.15) is 75.6 Å². The summed E-state index contributed by atoms with van der Waals surface area (Å²) in [6, 6.07) is 10.1. The molecule has 0 unspecified atom stereocenters. The molecule has 111 heavy (non-hydrogen) atoms. The lowest BCUT2D eigenvalue weighted by Crippen LogP contribution is -2.63. The number of unbranched alkanes of at least 4 members (excludes halogenated alkanes) is 1. The van der Waals surface area contributed by atoms with Crippen molar-refractivity contribution in [3.8, 4) is 0 Å². The Kier molecular flexibility index (Phi) is 35.7. The number of carbonyl (C=O) groups is 15. The summed E-state index contributed by atoms with van der Waals surface area (Å²) < 4.78 is 0. The second kappa shape index (κ2) is 44.6. The predicted molar refractivity (Wildman–Crippen MR) is 409 cm³/mol. The van der Waals surface area contributed by atoms with Gasteiger partial charge < -0.3 is 112 Å². The second-order valence-electron chi connectivity index (χ2n) is 26.5. The van der Waals surface area contributed by atoms with Gasteiger partial charge >= 0.3 is 0 Å². The highest BCUT2D eigenvalue weighted by Crippen LogP contribution is 2.24. The number of nitrogens with two attached hydrogens (primary N) is 4. The molecule has 1 aromatic heterocycles. The van der Waals surface area contributed by atoms with Crippen molar-refractivity contribution in [2.24, 2.45) is 22.9 Å². The van der Waals surface area contributed by atoms with Crippen LogP contribution in [0, 0.1) is 0 Å². The number of benzene rings is 4. The van der Waals surface area contributed by atoms with Crippen molar-refractivity contribution < 1.29 is 87.2 Å². The molecule has 15 amide bonds. The van der Waals surface area contributed by atoms with E-state index in [0.717, 1.165) is 35.4 Å². The monoisotopic (exact) mass is 1580 g/mol. The van der Waals surface area contributed by atoms with E-state index in [4.69, 9.17) is 22.9 Å². The number of aromatic amines is 1. The SMILES string of the molecule is C[C@H](N)C(=O)NCC(=O)N[C@H]1CSSC[C@@H](C(N)=O)NC(=O)[C@H](CO)NC(=O)[C@H]([C@@H](C)O)NC(=O)[C@H](Cc2ccccc2)NC(=O)[C@H]([C@@H](C)O)NC(=O)[C@H](C)NC(=O)[C@H](Cc2c[nH]c3ccccc23)NC(=O)[C@H](Cc2ccccc2)NC(=O)[C@H](Cc2ccccc2)NC(=O)[C@H](CC(N)=O)NC(=O)[C@H](CCCCN)NC1=O. The third kappa shape index (κ3) is 28.7. The number of fused-ring (bicyclic) bond motifs is 1. The van der Waals surface area contributed by atoms with Gasteiger partial charge in [0.05, 0.1) is 37.8 Å². The van der Waals surface area contributed by atoms with Gasteiger partial charge in [-0.25, -0.2) is 0 Å². The minimum absolute atomic E-state index is 0.116. The topological polar surface area (TPSA) is 593 Å². The molecule has 1 fully saturated rings. The summed E-state index contributed by atoms with van der Waals surface area (Å²) in [5.74, 6) is -16.8. The maximum atomic E-state index is 15.2. The molecule has 5 aromatic rings. The van der Waals surface area contributed by atoms with Crippen LogP contribution in [-0.2, 0) is 97.6 Å². The molecule has 600 valence electrons. The van der Waals surface area contributed by atoms with Gasteiger partial charge in [0.25, 0.3) is 0 Å². The number of amides is 15. The fraction of sp³-hybridized carbons (Fsp3) is 0.438. The Balaban J connectivity index is 1.43. The third-order valence-electron chi connectivity index (χ3n) is 17.5. The van der Waals surface area contributed by atoms with Crippen molar-refractivity contribution in [2.75, 3.05) is 31.2 Å². The molecule has 38 heteroatoms. The molecule has 1 aliphatic rings. The predicted octanol–water partition coefficient (Wildman–Crippen LogP) is -5.62. The highest BCUT2D eigenvalue weighted by atomic mass is 33.1. The van der Waals surface area contributed by atoms with Crippen molar-refractivity contribution >= 4 is 121 Å². The summed E-state index contributed by atoms with van der Waals surface area (Å²) in [4.78, 5) is 215. The Morgan fingerprint density at radius 3 is 1.41 bits per heavy atom. The van der Waals surface area contributed by atoms with Gasteiger partial charge in [0.15, 0.2) is 0 Å². The molecule has 0 aliphatic carbocycles. The number of aliphatic hydroxyl groups is 3. The molecule has 4 aromatic carbocycles. The molecule has 1 saturated heterocycles. The lowest BCUT2D eigenvalue weighted by atomic mass is 10.0. The molecule has 6 rings (SSSR count). The van der Waals surface area contributed by atoms with E-state index in [1.807, 2.05) is 0 Å². The first kappa shape index (κ1) is 88.9. The van der Waals surface area contributed by atoms with E-state index >= 15 is 9.59 Å². The zero-order valence-electron chi connectivity index (χ0n) is 61.5. The first-order valence-electron chi connectivity index (χ1n) is 35.7. The van der Waals surface area contributed by atoms with Crippen molar-refractivity contribution in [1.82, 2.24) is 74.1 Å². The molecule has 0 spiro atoms. The number of hydrogen-bond acceptors (Lipinski definition) is 22. The van der Waals surface area contributed by atoms with E-state index in [1.54, 1.807) is 121 Å². The molecule has 1 aliphatic heterocycles.